The van der Waals surface area contributed by atoms with Crippen molar-refractivity contribution in [1.29, 1.82) is 0 Å². The normalized spacial score (nSPS) is 13.1. The molecule has 0 heterocycles. The molecule has 1 N–H and O–H groups in total. The van der Waals surface area contributed by atoms with Gasteiger partial charge >= 0.3 is 17.9 Å². The molecule has 8 heteroatoms. The zero-order valence-electron chi connectivity index (χ0n) is 33.4. The molecule has 0 fully saturated rings. The molecule has 2 unspecified atom stereocenters. The Labute approximate surface area is 308 Å². The molecule has 0 aromatic carbocycles. The Morgan fingerprint density at radius 1 is 0.580 bits per heavy atom. The van der Waals surface area contributed by atoms with Gasteiger partial charge in [0.1, 0.15) is 6.61 Å². The minimum atomic E-state index is -0.874. The molecule has 0 aliphatic rings. The van der Waals surface area contributed by atoms with Crippen LogP contribution < -0.4 is 0 Å². The molecule has 0 bridgehead atoms. The number of carboxylic acids is 1. The average molecular weight is 711 g/mol. The molecule has 0 amide bonds. The van der Waals surface area contributed by atoms with Crippen LogP contribution in [0.5, 0.6) is 0 Å². The number of hydrogen-bond acceptors (Lipinski definition) is 6. The minimum Gasteiger partial charge on any atom is -0.477 e. The van der Waals surface area contributed by atoms with Crippen LogP contribution in [0.3, 0.4) is 0 Å². The maximum Gasteiger partial charge on any atom is 0.362 e. The zero-order valence-corrected chi connectivity index (χ0v) is 33.4. The van der Waals surface area contributed by atoms with E-state index < -0.39 is 18.1 Å². The summed E-state index contributed by atoms with van der Waals surface area (Å²) in [5.74, 6) is -1.47. The molecule has 0 saturated heterocycles. The second kappa shape index (κ2) is 34.2. The topological polar surface area (TPSA) is 99.1 Å². The van der Waals surface area contributed by atoms with Crippen molar-refractivity contribution in [2.75, 3.05) is 41.0 Å². The lowest BCUT2D eigenvalue weighted by atomic mass is 10.1. The summed E-state index contributed by atoms with van der Waals surface area (Å²) in [6.07, 6.45) is 34.1. The second-order valence-corrected chi connectivity index (χ2v) is 15.2. The first-order valence-electron chi connectivity index (χ1n) is 20.7. The summed E-state index contributed by atoms with van der Waals surface area (Å²) in [7, 11) is 5.52. The summed E-state index contributed by atoms with van der Waals surface area (Å²) < 4.78 is 17.2. The van der Waals surface area contributed by atoms with Crippen LogP contribution in [0.4, 0.5) is 0 Å². The van der Waals surface area contributed by atoms with Crippen molar-refractivity contribution < 1.29 is 38.2 Å². The molecule has 0 radical (unpaired) electrons. The van der Waals surface area contributed by atoms with Gasteiger partial charge in [0.05, 0.1) is 34.4 Å². The Hall–Kier alpha value is -1.93. The molecule has 0 aromatic heterocycles. The van der Waals surface area contributed by atoms with E-state index in [1.807, 2.05) is 21.1 Å². The van der Waals surface area contributed by atoms with Crippen LogP contribution in [0, 0.1) is 0 Å². The first-order valence-corrected chi connectivity index (χ1v) is 20.7. The molecule has 2 atom stereocenters. The summed E-state index contributed by atoms with van der Waals surface area (Å²) in [5, 5.41) is 9.58. The van der Waals surface area contributed by atoms with Crippen molar-refractivity contribution in [2.45, 2.75) is 199 Å². The Morgan fingerprint density at radius 3 is 1.44 bits per heavy atom. The number of esters is 2. The van der Waals surface area contributed by atoms with E-state index in [0.717, 1.165) is 38.5 Å². The molecule has 50 heavy (non-hydrogen) atoms. The highest BCUT2D eigenvalue weighted by molar-refractivity contribution is 5.72. The average Bonchev–Trinajstić information content (AvgIpc) is 3.06. The predicted molar refractivity (Wildman–Crippen MR) is 206 cm³/mol. The van der Waals surface area contributed by atoms with Crippen molar-refractivity contribution in [1.82, 2.24) is 0 Å². The van der Waals surface area contributed by atoms with Crippen LogP contribution >= 0.6 is 0 Å². The van der Waals surface area contributed by atoms with E-state index in [-0.39, 0.29) is 36.2 Å². The van der Waals surface area contributed by atoms with Gasteiger partial charge in [0.25, 0.3) is 0 Å². The Morgan fingerprint density at radius 2 is 1.00 bits per heavy atom. The number of allylic oxidation sites excluding steroid dienone is 2. The quantitative estimate of drug-likeness (QED) is 0.0296. The number of quaternary nitrogens is 1. The maximum absolute atomic E-state index is 12.7. The summed E-state index contributed by atoms with van der Waals surface area (Å²) >= 11 is 0. The smallest absolute Gasteiger partial charge is 0.362 e. The second-order valence-electron chi connectivity index (χ2n) is 15.2. The van der Waals surface area contributed by atoms with Gasteiger partial charge in [0.15, 0.2) is 12.1 Å². The van der Waals surface area contributed by atoms with E-state index in [2.05, 4.69) is 26.0 Å². The fraction of sp³-hybridized carbons (Fsp3) is 0.881. The standard InChI is InChI=1S/C42H79NO7/c1-6-8-10-12-14-15-16-17-18-19-20-21-22-23-24-25-27-29-31-33-41(45)50-38(36-48-35-34-39(42(46)47)43(3,4)5)37-49-40(44)32-30-28-26-13-11-9-7-2/h17-18,38-39H,6-16,19-37H2,1-5H3/p+1/b18-17-. The first-order chi connectivity index (χ1) is 24.1. The third kappa shape index (κ3) is 32.0. The number of unbranched alkanes of at least 4 members (excludes halogenated alkanes) is 21. The van der Waals surface area contributed by atoms with Crippen molar-refractivity contribution in [2.24, 2.45) is 0 Å². The fourth-order valence-corrected chi connectivity index (χ4v) is 6.14. The number of carboxylic acid groups (broad SMARTS) is 1. The molecular weight excluding hydrogens is 630 g/mol. The number of carbonyl (C=O) groups excluding carboxylic acids is 2. The molecular formula is C42H80NO7+. The van der Waals surface area contributed by atoms with E-state index in [9.17, 15) is 19.5 Å². The third-order valence-electron chi connectivity index (χ3n) is 9.41. The zero-order chi connectivity index (χ0) is 37.1. The Kier molecular flexibility index (Phi) is 32.9. The van der Waals surface area contributed by atoms with Crippen molar-refractivity contribution >= 4 is 17.9 Å². The van der Waals surface area contributed by atoms with Crippen LogP contribution in [-0.4, -0.2) is 80.6 Å². The molecule has 0 spiro atoms. The number of nitrogens with zero attached hydrogens (tertiary/aromatic N) is 1. The van der Waals surface area contributed by atoms with Gasteiger partial charge in [-0.25, -0.2) is 4.79 Å². The fourth-order valence-electron chi connectivity index (χ4n) is 6.14. The summed E-state index contributed by atoms with van der Waals surface area (Å²) in [4.78, 5) is 36.7. The highest BCUT2D eigenvalue weighted by Gasteiger charge is 2.31. The van der Waals surface area contributed by atoms with Crippen LogP contribution in [0.2, 0.25) is 0 Å². The molecule has 0 aliphatic heterocycles. The van der Waals surface area contributed by atoms with Gasteiger partial charge in [-0.2, -0.15) is 0 Å². The molecule has 0 saturated carbocycles. The largest absolute Gasteiger partial charge is 0.477 e. The van der Waals surface area contributed by atoms with E-state index in [0.29, 0.717) is 19.3 Å². The maximum atomic E-state index is 12.7. The number of likely N-dealkylation sites (N-methyl/N-ethyl adjacent to an activating group) is 1. The Bertz CT molecular complexity index is 838. The van der Waals surface area contributed by atoms with Gasteiger partial charge < -0.3 is 23.8 Å². The summed E-state index contributed by atoms with van der Waals surface area (Å²) in [6, 6.07) is -0.609. The molecule has 0 aliphatic carbocycles. The van der Waals surface area contributed by atoms with E-state index in [1.165, 1.54) is 116 Å². The number of hydrogen-bond donors (Lipinski definition) is 1. The van der Waals surface area contributed by atoms with Gasteiger partial charge in [-0.1, -0.05) is 142 Å². The lowest BCUT2D eigenvalue weighted by Crippen LogP contribution is -2.50. The third-order valence-corrected chi connectivity index (χ3v) is 9.41. The number of rotatable bonds is 37. The minimum absolute atomic E-state index is 0.0474. The lowest BCUT2D eigenvalue weighted by Gasteiger charge is -2.31. The molecule has 0 aromatic rings. The van der Waals surface area contributed by atoms with E-state index in [1.54, 1.807) is 0 Å². The van der Waals surface area contributed by atoms with E-state index in [4.69, 9.17) is 14.2 Å². The highest BCUT2D eigenvalue weighted by atomic mass is 16.6. The lowest BCUT2D eigenvalue weighted by molar-refractivity contribution is -0.887. The summed E-state index contributed by atoms with van der Waals surface area (Å²) in [5.41, 5.74) is 0. The molecule has 0 rings (SSSR count). The Balaban J connectivity index is 4.23. The van der Waals surface area contributed by atoms with Gasteiger partial charge in [-0.15, -0.1) is 0 Å². The van der Waals surface area contributed by atoms with Gasteiger partial charge in [-0.3, -0.25) is 9.59 Å². The van der Waals surface area contributed by atoms with Gasteiger partial charge in [0, 0.05) is 19.3 Å². The number of ether oxygens (including phenoxy) is 3. The van der Waals surface area contributed by atoms with Gasteiger partial charge in [-0.05, 0) is 38.5 Å². The van der Waals surface area contributed by atoms with Crippen molar-refractivity contribution in [3.05, 3.63) is 12.2 Å². The van der Waals surface area contributed by atoms with Crippen LogP contribution in [0.1, 0.15) is 187 Å². The van der Waals surface area contributed by atoms with Crippen molar-refractivity contribution in [3.63, 3.8) is 0 Å². The molecule has 8 nitrogen and oxygen atoms in total. The van der Waals surface area contributed by atoms with Crippen molar-refractivity contribution in [3.8, 4) is 0 Å². The van der Waals surface area contributed by atoms with Gasteiger partial charge in [0.2, 0.25) is 0 Å². The summed E-state index contributed by atoms with van der Waals surface area (Å²) in [6.45, 7) is 4.69. The number of carbonyl (C=O) groups is 3. The first kappa shape index (κ1) is 48.1. The molecule has 294 valence electrons. The monoisotopic (exact) mass is 711 g/mol. The van der Waals surface area contributed by atoms with E-state index >= 15 is 0 Å². The number of aliphatic carboxylic acids is 1. The SMILES string of the molecule is CCCCCCCC/C=C\CCCCCCCCCCCC(=O)OC(COCCC(C(=O)O)[N+](C)(C)C)COC(=O)CCCCCCCCC. The van der Waals surface area contributed by atoms with Crippen LogP contribution in [0.15, 0.2) is 12.2 Å². The van der Waals surface area contributed by atoms with Crippen LogP contribution in [0.25, 0.3) is 0 Å². The highest BCUT2D eigenvalue weighted by Crippen LogP contribution is 2.14. The van der Waals surface area contributed by atoms with Crippen LogP contribution in [-0.2, 0) is 28.6 Å². The predicted octanol–water partition coefficient (Wildman–Crippen LogP) is 10.7.